The van der Waals surface area contributed by atoms with E-state index in [2.05, 4.69) is 15.1 Å². The van der Waals surface area contributed by atoms with Gasteiger partial charge in [0.1, 0.15) is 0 Å². The lowest BCUT2D eigenvalue weighted by Crippen LogP contribution is -2.19. The predicted octanol–water partition coefficient (Wildman–Crippen LogP) is 2.05. The SMILES string of the molecule is Cc1[nH]n(-c2ncc(-c3ccc(Cl)cc3)[nH]2)c(=O)c1CCO. The largest absolute Gasteiger partial charge is 0.396 e. The lowest BCUT2D eigenvalue weighted by atomic mass is 10.2. The Bertz CT molecular complexity index is 845. The Balaban J connectivity index is 1.99. The van der Waals surface area contributed by atoms with Crippen LogP contribution >= 0.6 is 11.6 Å². The molecule has 0 spiro atoms. The number of hydrogen-bond acceptors (Lipinski definition) is 3. The van der Waals surface area contributed by atoms with E-state index in [0.29, 0.717) is 23.0 Å². The highest BCUT2D eigenvalue weighted by Gasteiger charge is 2.14. The Morgan fingerprint density at radius 2 is 2.05 bits per heavy atom. The van der Waals surface area contributed by atoms with E-state index in [-0.39, 0.29) is 12.2 Å². The van der Waals surface area contributed by atoms with Crippen LogP contribution in [0.25, 0.3) is 17.2 Å². The van der Waals surface area contributed by atoms with Crippen molar-refractivity contribution in [1.29, 1.82) is 0 Å². The Labute approximate surface area is 131 Å². The maximum Gasteiger partial charge on any atom is 0.277 e. The van der Waals surface area contributed by atoms with Gasteiger partial charge in [0.2, 0.25) is 5.95 Å². The molecule has 6 nitrogen and oxygen atoms in total. The van der Waals surface area contributed by atoms with E-state index in [1.807, 2.05) is 12.1 Å². The second-order valence-corrected chi connectivity index (χ2v) is 5.39. The first-order valence-corrected chi connectivity index (χ1v) is 7.20. The molecule has 0 saturated heterocycles. The monoisotopic (exact) mass is 318 g/mol. The van der Waals surface area contributed by atoms with Crippen LogP contribution in [0.1, 0.15) is 11.3 Å². The molecule has 0 saturated carbocycles. The van der Waals surface area contributed by atoms with Gasteiger partial charge in [-0.15, -0.1) is 0 Å². The molecule has 114 valence electrons. The van der Waals surface area contributed by atoms with Crippen molar-refractivity contribution in [3.05, 3.63) is 57.1 Å². The number of nitrogens with zero attached hydrogens (tertiary/aromatic N) is 2. The van der Waals surface area contributed by atoms with Crippen LogP contribution in [0.4, 0.5) is 0 Å². The molecule has 2 aromatic heterocycles. The highest BCUT2D eigenvalue weighted by molar-refractivity contribution is 6.30. The number of nitrogens with one attached hydrogen (secondary N) is 2. The molecule has 7 heteroatoms. The minimum absolute atomic E-state index is 0.0673. The maximum absolute atomic E-state index is 12.3. The van der Waals surface area contributed by atoms with Crippen LogP contribution in [0.2, 0.25) is 5.02 Å². The van der Waals surface area contributed by atoms with Crippen LogP contribution in [-0.2, 0) is 6.42 Å². The van der Waals surface area contributed by atoms with Gasteiger partial charge in [0.25, 0.3) is 5.56 Å². The van der Waals surface area contributed by atoms with Crippen LogP contribution in [-0.4, -0.2) is 31.5 Å². The Morgan fingerprint density at radius 1 is 1.32 bits per heavy atom. The summed E-state index contributed by atoms with van der Waals surface area (Å²) in [7, 11) is 0. The van der Waals surface area contributed by atoms with Gasteiger partial charge in [0.05, 0.1) is 11.9 Å². The summed E-state index contributed by atoms with van der Waals surface area (Å²) in [5, 5.41) is 12.7. The topological polar surface area (TPSA) is 86.7 Å². The number of aromatic nitrogens is 4. The lowest BCUT2D eigenvalue weighted by Gasteiger charge is -1.98. The summed E-state index contributed by atoms with van der Waals surface area (Å²) in [6.07, 6.45) is 1.98. The number of aromatic amines is 2. The van der Waals surface area contributed by atoms with Gasteiger partial charge in [0.15, 0.2) is 0 Å². The van der Waals surface area contributed by atoms with Gasteiger partial charge >= 0.3 is 0 Å². The van der Waals surface area contributed by atoms with E-state index in [1.165, 1.54) is 4.68 Å². The Hall–Kier alpha value is -2.31. The third-order valence-corrected chi connectivity index (χ3v) is 3.74. The summed E-state index contributed by atoms with van der Waals surface area (Å²) < 4.78 is 1.35. The number of imidazole rings is 1. The minimum Gasteiger partial charge on any atom is -0.396 e. The number of hydrogen-bond donors (Lipinski definition) is 3. The van der Waals surface area contributed by atoms with E-state index >= 15 is 0 Å². The molecule has 0 fully saturated rings. The average molecular weight is 319 g/mol. The van der Waals surface area contributed by atoms with E-state index in [4.69, 9.17) is 16.7 Å². The first-order valence-electron chi connectivity index (χ1n) is 6.83. The zero-order valence-electron chi connectivity index (χ0n) is 11.9. The van der Waals surface area contributed by atoms with Crippen molar-refractivity contribution in [3.63, 3.8) is 0 Å². The molecule has 0 atom stereocenters. The maximum atomic E-state index is 12.3. The summed E-state index contributed by atoms with van der Waals surface area (Å²) in [5.74, 6) is 0.405. The fraction of sp³-hybridized carbons (Fsp3) is 0.200. The van der Waals surface area contributed by atoms with Crippen LogP contribution in [0.3, 0.4) is 0 Å². The summed E-state index contributed by atoms with van der Waals surface area (Å²) in [6, 6.07) is 7.34. The van der Waals surface area contributed by atoms with Crippen LogP contribution in [0.15, 0.2) is 35.3 Å². The quantitative estimate of drug-likeness (QED) is 0.688. The number of aliphatic hydroxyl groups is 1. The molecule has 3 rings (SSSR count). The van der Waals surface area contributed by atoms with Crippen molar-refractivity contribution in [2.24, 2.45) is 0 Å². The summed E-state index contributed by atoms with van der Waals surface area (Å²) in [4.78, 5) is 19.7. The number of halogens is 1. The minimum atomic E-state index is -0.205. The highest BCUT2D eigenvalue weighted by Crippen LogP contribution is 2.20. The van der Waals surface area contributed by atoms with E-state index < -0.39 is 0 Å². The third-order valence-electron chi connectivity index (χ3n) is 3.48. The number of aryl methyl sites for hydroxylation is 1. The van der Waals surface area contributed by atoms with Crippen molar-refractivity contribution >= 4 is 11.6 Å². The fourth-order valence-corrected chi connectivity index (χ4v) is 2.46. The molecule has 0 aliphatic rings. The second-order valence-electron chi connectivity index (χ2n) is 4.96. The number of benzene rings is 1. The second kappa shape index (κ2) is 5.82. The molecule has 3 aromatic rings. The van der Waals surface area contributed by atoms with E-state index in [9.17, 15) is 4.79 Å². The molecule has 0 bridgehead atoms. The van der Waals surface area contributed by atoms with Crippen molar-refractivity contribution in [2.45, 2.75) is 13.3 Å². The molecule has 0 unspecified atom stereocenters. The van der Waals surface area contributed by atoms with Crippen molar-refractivity contribution in [3.8, 4) is 17.2 Å². The van der Waals surface area contributed by atoms with E-state index in [1.54, 1.807) is 25.3 Å². The molecular weight excluding hydrogens is 304 g/mol. The molecule has 3 N–H and O–H groups in total. The van der Waals surface area contributed by atoms with Crippen molar-refractivity contribution in [2.75, 3.05) is 6.61 Å². The summed E-state index contributed by atoms with van der Waals surface area (Å²) >= 11 is 5.87. The fourth-order valence-electron chi connectivity index (χ4n) is 2.34. The van der Waals surface area contributed by atoms with E-state index in [0.717, 1.165) is 17.0 Å². The van der Waals surface area contributed by atoms with Crippen LogP contribution in [0, 0.1) is 6.92 Å². The summed E-state index contributed by atoms with van der Waals surface area (Å²) in [5.41, 5.74) is 2.79. The van der Waals surface area contributed by atoms with Crippen molar-refractivity contribution < 1.29 is 5.11 Å². The van der Waals surface area contributed by atoms with Crippen LogP contribution in [0.5, 0.6) is 0 Å². The average Bonchev–Trinajstić information content (AvgIpc) is 3.08. The number of aliphatic hydroxyl groups excluding tert-OH is 1. The standard InChI is InChI=1S/C15H15ClN4O2/c1-9-12(6-7-21)14(22)20(19-9)15-17-8-13(18-15)10-2-4-11(16)5-3-10/h2-5,8,19,21H,6-7H2,1H3,(H,17,18). The number of rotatable bonds is 4. The number of H-pyrrole nitrogens is 2. The molecule has 0 radical (unpaired) electrons. The third kappa shape index (κ3) is 2.58. The predicted molar refractivity (Wildman–Crippen MR) is 84.5 cm³/mol. The molecule has 22 heavy (non-hydrogen) atoms. The lowest BCUT2D eigenvalue weighted by molar-refractivity contribution is 0.299. The zero-order valence-corrected chi connectivity index (χ0v) is 12.7. The Kier molecular flexibility index (Phi) is 3.87. The molecule has 2 heterocycles. The van der Waals surface area contributed by atoms with Gasteiger partial charge in [-0.2, -0.15) is 4.68 Å². The van der Waals surface area contributed by atoms with Crippen molar-refractivity contribution in [1.82, 2.24) is 19.7 Å². The normalized spacial score (nSPS) is 11.0. The zero-order chi connectivity index (χ0) is 15.7. The highest BCUT2D eigenvalue weighted by atomic mass is 35.5. The molecule has 0 aliphatic carbocycles. The Morgan fingerprint density at radius 3 is 2.73 bits per heavy atom. The van der Waals surface area contributed by atoms with Gasteiger partial charge in [-0.05, 0) is 24.6 Å². The van der Waals surface area contributed by atoms with Gasteiger partial charge in [-0.1, -0.05) is 23.7 Å². The first kappa shape index (κ1) is 14.6. The molecular formula is C15H15ClN4O2. The van der Waals surface area contributed by atoms with Gasteiger partial charge in [-0.3, -0.25) is 9.89 Å². The van der Waals surface area contributed by atoms with Gasteiger partial charge in [-0.25, -0.2) is 4.98 Å². The molecule has 1 aromatic carbocycles. The smallest absolute Gasteiger partial charge is 0.277 e. The van der Waals surface area contributed by atoms with Crippen LogP contribution < -0.4 is 5.56 Å². The first-order chi connectivity index (χ1) is 10.6. The summed E-state index contributed by atoms with van der Waals surface area (Å²) in [6.45, 7) is 1.73. The molecule has 0 amide bonds. The van der Waals surface area contributed by atoms with Gasteiger partial charge < -0.3 is 10.1 Å². The molecule has 0 aliphatic heterocycles. The van der Waals surface area contributed by atoms with Gasteiger partial charge in [0, 0.05) is 29.3 Å².